The highest BCUT2D eigenvalue weighted by molar-refractivity contribution is 9.09. The first-order valence-corrected chi connectivity index (χ1v) is 7.39. The summed E-state index contributed by atoms with van der Waals surface area (Å²) in [7, 11) is 1.66. The number of carbonyl (C=O) groups excluding carboxylic acids is 1. The highest BCUT2D eigenvalue weighted by Gasteiger charge is 2.10. The Morgan fingerprint density at radius 3 is 3.00 bits per heavy atom. The molecule has 20 heavy (non-hydrogen) atoms. The van der Waals surface area contributed by atoms with Crippen LogP contribution in [0.25, 0.3) is 10.9 Å². The Balaban J connectivity index is 2.01. The normalized spacial score (nSPS) is 12.3. The van der Waals surface area contributed by atoms with Crippen molar-refractivity contribution in [3.05, 3.63) is 42.1 Å². The molecule has 1 heterocycles. The molecule has 0 saturated heterocycles. The van der Waals surface area contributed by atoms with E-state index < -0.39 is 0 Å². The zero-order valence-electron chi connectivity index (χ0n) is 11.3. The van der Waals surface area contributed by atoms with Gasteiger partial charge in [-0.05, 0) is 18.6 Å². The summed E-state index contributed by atoms with van der Waals surface area (Å²) in [5.74, 6) is -0.0688. The predicted octanol–water partition coefficient (Wildman–Crippen LogP) is 2.76. The van der Waals surface area contributed by atoms with Gasteiger partial charge in [0.15, 0.2) is 0 Å². The van der Waals surface area contributed by atoms with E-state index in [1.807, 2.05) is 24.3 Å². The quantitative estimate of drug-likeness (QED) is 0.825. The molecule has 1 atom stereocenters. The number of rotatable bonds is 6. The molecule has 0 aliphatic carbocycles. The highest BCUT2D eigenvalue weighted by Crippen LogP contribution is 2.16. The minimum Gasteiger partial charge on any atom is -0.384 e. The zero-order chi connectivity index (χ0) is 14.4. The van der Waals surface area contributed by atoms with Crippen LogP contribution in [0, 0.1) is 0 Å². The van der Waals surface area contributed by atoms with Gasteiger partial charge < -0.3 is 10.1 Å². The minimum atomic E-state index is -0.0688. The maximum atomic E-state index is 12.2. The molecule has 0 aliphatic rings. The fraction of sp³-hybridized carbons (Fsp3) is 0.333. The Bertz CT molecular complexity index is 584. The molecule has 0 bridgehead atoms. The molecule has 0 radical (unpaired) electrons. The first kappa shape index (κ1) is 14.9. The lowest BCUT2D eigenvalue weighted by Crippen LogP contribution is -2.27. The van der Waals surface area contributed by atoms with Crippen molar-refractivity contribution in [2.24, 2.45) is 0 Å². The maximum absolute atomic E-state index is 12.2. The van der Waals surface area contributed by atoms with Crippen molar-refractivity contribution in [1.29, 1.82) is 0 Å². The van der Waals surface area contributed by atoms with E-state index in [1.165, 1.54) is 0 Å². The number of carbonyl (C=O) groups is 1. The average Bonchev–Trinajstić information content (AvgIpc) is 2.47. The second-order valence-corrected chi connectivity index (χ2v) is 5.77. The number of ether oxygens (including phenoxy) is 1. The number of nitrogens with zero attached hydrogens (tertiary/aromatic N) is 1. The van der Waals surface area contributed by atoms with Crippen molar-refractivity contribution >= 4 is 32.7 Å². The molecule has 1 N–H and O–H groups in total. The van der Waals surface area contributed by atoms with E-state index in [0.29, 0.717) is 18.7 Å². The largest absolute Gasteiger partial charge is 0.384 e. The van der Waals surface area contributed by atoms with Crippen LogP contribution in [-0.2, 0) is 4.74 Å². The van der Waals surface area contributed by atoms with Gasteiger partial charge in [0.2, 0.25) is 0 Å². The van der Waals surface area contributed by atoms with Gasteiger partial charge in [-0.25, -0.2) is 0 Å². The number of fused-ring (bicyclic) bond motifs is 1. The van der Waals surface area contributed by atoms with E-state index in [9.17, 15) is 4.79 Å². The number of benzene rings is 1. The lowest BCUT2D eigenvalue weighted by atomic mass is 10.1. The molecule has 1 aromatic heterocycles. The van der Waals surface area contributed by atoms with Gasteiger partial charge in [-0.2, -0.15) is 0 Å². The van der Waals surface area contributed by atoms with Crippen LogP contribution < -0.4 is 5.32 Å². The van der Waals surface area contributed by atoms with Crippen molar-refractivity contribution in [3.8, 4) is 0 Å². The number of pyridine rings is 1. The van der Waals surface area contributed by atoms with E-state index in [2.05, 4.69) is 26.2 Å². The van der Waals surface area contributed by atoms with Gasteiger partial charge in [-0.3, -0.25) is 9.78 Å². The van der Waals surface area contributed by atoms with Gasteiger partial charge in [-0.15, -0.1) is 0 Å². The average molecular weight is 337 g/mol. The first-order valence-electron chi connectivity index (χ1n) is 6.47. The molecule has 0 spiro atoms. The van der Waals surface area contributed by atoms with Gasteiger partial charge in [0.05, 0.1) is 17.7 Å². The van der Waals surface area contributed by atoms with Crippen LogP contribution in [0.1, 0.15) is 16.8 Å². The molecule has 0 aliphatic heterocycles. The molecule has 2 aromatic rings. The van der Waals surface area contributed by atoms with Crippen molar-refractivity contribution in [1.82, 2.24) is 10.3 Å². The van der Waals surface area contributed by atoms with Gasteiger partial charge in [0.25, 0.3) is 5.91 Å². The summed E-state index contributed by atoms with van der Waals surface area (Å²) >= 11 is 3.50. The number of amides is 1. The summed E-state index contributed by atoms with van der Waals surface area (Å²) < 4.78 is 5.04. The minimum absolute atomic E-state index is 0.0688. The van der Waals surface area contributed by atoms with E-state index in [4.69, 9.17) is 4.74 Å². The van der Waals surface area contributed by atoms with Crippen LogP contribution in [0.3, 0.4) is 0 Å². The third-order valence-corrected chi connectivity index (χ3v) is 3.71. The van der Waals surface area contributed by atoms with Gasteiger partial charge in [-0.1, -0.05) is 34.1 Å². The third-order valence-electron chi connectivity index (χ3n) is 2.98. The topological polar surface area (TPSA) is 51.2 Å². The number of aromatic nitrogens is 1. The Morgan fingerprint density at radius 1 is 1.40 bits per heavy atom. The second-order valence-electron chi connectivity index (χ2n) is 4.47. The summed E-state index contributed by atoms with van der Waals surface area (Å²) in [6.07, 6.45) is 2.48. The molecule has 0 saturated carbocycles. The van der Waals surface area contributed by atoms with Crippen LogP contribution >= 0.6 is 15.9 Å². The maximum Gasteiger partial charge on any atom is 0.252 e. The molecular weight excluding hydrogens is 320 g/mol. The number of para-hydroxylation sites is 1. The molecule has 1 amide bonds. The SMILES string of the molecule is COCC(Br)CCNC(=O)c1ccnc2ccccc12. The first-order chi connectivity index (χ1) is 9.72. The number of alkyl halides is 1. The molecule has 106 valence electrons. The highest BCUT2D eigenvalue weighted by atomic mass is 79.9. The number of hydrogen-bond acceptors (Lipinski definition) is 3. The van der Waals surface area contributed by atoms with E-state index in [-0.39, 0.29) is 10.7 Å². The van der Waals surface area contributed by atoms with Crippen LogP contribution in [0.15, 0.2) is 36.5 Å². The van der Waals surface area contributed by atoms with Gasteiger partial charge in [0.1, 0.15) is 0 Å². The third kappa shape index (κ3) is 3.77. The Morgan fingerprint density at radius 2 is 2.20 bits per heavy atom. The number of methoxy groups -OCH3 is 1. The fourth-order valence-electron chi connectivity index (χ4n) is 2.00. The van der Waals surface area contributed by atoms with Crippen molar-refractivity contribution in [2.45, 2.75) is 11.2 Å². The zero-order valence-corrected chi connectivity index (χ0v) is 12.9. The number of halogens is 1. The Kier molecular flexibility index (Phi) is 5.49. The van der Waals surface area contributed by atoms with Crippen LogP contribution in [0.4, 0.5) is 0 Å². The Hall–Kier alpha value is -1.46. The number of nitrogens with one attached hydrogen (secondary N) is 1. The van der Waals surface area contributed by atoms with Gasteiger partial charge in [0, 0.05) is 30.1 Å². The van der Waals surface area contributed by atoms with E-state index in [1.54, 1.807) is 19.4 Å². The van der Waals surface area contributed by atoms with E-state index in [0.717, 1.165) is 17.3 Å². The monoisotopic (exact) mass is 336 g/mol. The fourth-order valence-corrected chi connectivity index (χ4v) is 2.49. The molecule has 1 aromatic carbocycles. The van der Waals surface area contributed by atoms with Crippen molar-refractivity contribution < 1.29 is 9.53 Å². The van der Waals surface area contributed by atoms with Crippen LogP contribution in [0.2, 0.25) is 0 Å². The van der Waals surface area contributed by atoms with Crippen molar-refractivity contribution in [2.75, 3.05) is 20.3 Å². The molecule has 4 nitrogen and oxygen atoms in total. The smallest absolute Gasteiger partial charge is 0.252 e. The molecule has 5 heteroatoms. The van der Waals surface area contributed by atoms with Crippen LogP contribution in [-0.4, -0.2) is 36.0 Å². The summed E-state index contributed by atoms with van der Waals surface area (Å²) in [4.78, 5) is 16.7. The number of hydrogen-bond donors (Lipinski definition) is 1. The molecule has 0 fully saturated rings. The standard InChI is InChI=1S/C15H17BrN2O2/c1-20-10-11(16)6-8-18-15(19)13-7-9-17-14-5-3-2-4-12(13)14/h2-5,7,9,11H,6,8,10H2,1H3,(H,18,19). The van der Waals surface area contributed by atoms with Crippen LogP contribution in [0.5, 0.6) is 0 Å². The Labute approximate surface area is 126 Å². The molecular formula is C15H17BrN2O2. The lowest BCUT2D eigenvalue weighted by Gasteiger charge is -2.10. The summed E-state index contributed by atoms with van der Waals surface area (Å²) in [5, 5.41) is 3.80. The molecule has 1 unspecified atom stereocenters. The summed E-state index contributed by atoms with van der Waals surface area (Å²) in [6, 6.07) is 9.39. The summed E-state index contributed by atoms with van der Waals surface area (Å²) in [6.45, 7) is 1.24. The summed E-state index contributed by atoms with van der Waals surface area (Å²) in [5.41, 5.74) is 1.49. The van der Waals surface area contributed by atoms with Gasteiger partial charge >= 0.3 is 0 Å². The van der Waals surface area contributed by atoms with E-state index >= 15 is 0 Å². The van der Waals surface area contributed by atoms with Crippen molar-refractivity contribution in [3.63, 3.8) is 0 Å². The molecule has 2 rings (SSSR count). The lowest BCUT2D eigenvalue weighted by molar-refractivity contribution is 0.0953. The second kappa shape index (κ2) is 7.36. The predicted molar refractivity (Wildman–Crippen MR) is 83.3 cm³/mol.